The van der Waals surface area contributed by atoms with Crippen molar-refractivity contribution in [1.29, 1.82) is 0 Å². The lowest BCUT2D eigenvalue weighted by molar-refractivity contribution is -0.138. The molecular weight excluding hydrogens is 200 g/mol. The molecule has 0 N–H and O–H groups in total. The Labute approximate surface area is 97.0 Å². The highest BCUT2D eigenvalue weighted by Gasteiger charge is 2.18. The van der Waals surface area contributed by atoms with Crippen LogP contribution in [-0.2, 0) is 9.53 Å². The molecule has 1 aliphatic rings. The Hall–Kier alpha value is -1.53. The van der Waals surface area contributed by atoms with Gasteiger partial charge < -0.3 is 4.74 Å². The van der Waals surface area contributed by atoms with E-state index in [0.717, 1.165) is 19.3 Å². The predicted octanol–water partition coefficient (Wildman–Crippen LogP) is 3.17. The number of hydrogen-bond acceptors (Lipinski definition) is 2. The summed E-state index contributed by atoms with van der Waals surface area (Å²) in [5.41, 5.74) is 3.24. The fourth-order valence-corrected chi connectivity index (χ4v) is 1.67. The second-order valence-electron chi connectivity index (χ2n) is 3.63. The van der Waals surface area contributed by atoms with E-state index in [0.29, 0.717) is 12.2 Å². The molecule has 1 unspecified atom stereocenters. The van der Waals surface area contributed by atoms with Crippen LogP contribution < -0.4 is 0 Å². The molecule has 1 rings (SSSR count). The molecule has 0 bridgehead atoms. The van der Waals surface area contributed by atoms with E-state index in [-0.39, 0.29) is 11.9 Å². The fraction of sp³-hybridized carbons (Fsp3) is 0.429. The molecule has 0 aromatic rings. The van der Waals surface area contributed by atoms with Crippen molar-refractivity contribution in [3.05, 3.63) is 42.2 Å². The van der Waals surface area contributed by atoms with E-state index < -0.39 is 0 Å². The summed E-state index contributed by atoms with van der Waals surface area (Å²) in [6, 6.07) is 0. The highest BCUT2D eigenvalue weighted by molar-refractivity contribution is 5.89. The topological polar surface area (TPSA) is 26.3 Å². The van der Waals surface area contributed by atoms with Gasteiger partial charge in [-0.05, 0) is 26.2 Å². The maximum atomic E-state index is 11.7. The molecule has 1 atom stereocenters. The van der Waals surface area contributed by atoms with Crippen LogP contribution in [0.4, 0.5) is 0 Å². The number of ether oxygens (including phenoxy) is 1. The van der Waals surface area contributed by atoms with Gasteiger partial charge in [-0.3, -0.25) is 0 Å². The number of rotatable bonds is 3. The zero-order chi connectivity index (χ0) is 11.8. The van der Waals surface area contributed by atoms with Gasteiger partial charge in [-0.1, -0.05) is 30.9 Å². The summed E-state index contributed by atoms with van der Waals surface area (Å²) in [5.74, 6) is -0.255. The monoisotopic (exact) mass is 218 g/mol. The van der Waals surface area contributed by atoms with Crippen molar-refractivity contribution in [3.63, 3.8) is 0 Å². The Morgan fingerprint density at radius 3 is 2.88 bits per heavy atom. The standard InChI is InChI=1S/C14H18O2/c1-3-13(14(15)16-4-2)12-10-8-6-5-7-9-11-12/h6,8-9,11-12H,1,4-5,7,10H2,2H3/b8-6-,11-9-. The van der Waals surface area contributed by atoms with Gasteiger partial charge in [-0.15, -0.1) is 5.73 Å². The predicted molar refractivity (Wildman–Crippen MR) is 64.9 cm³/mol. The first-order chi connectivity index (χ1) is 7.79. The van der Waals surface area contributed by atoms with E-state index in [1.165, 1.54) is 0 Å². The summed E-state index contributed by atoms with van der Waals surface area (Å²) in [7, 11) is 0. The van der Waals surface area contributed by atoms with E-state index in [1.54, 1.807) is 6.92 Å². The molecule has 1 aliphatic carbocycles. The highest BCUT2D eigenvalue weighted by Crippen LogP contribution is 2.20. The van der Waals surface area contributed by atoms with Crippen molar-refractivity contribution in [3.8, 4) is 0 Å². The molecule has 0 amide bonds. The number of hydrogen-bond donors (Lipinski definition) is 0. The molecule has 2 heteroatoms. The lowest BCUT2D eigenvalue weighted by atomic mass is 9.93. The highest BCUT2D eigenvalue weighted by atomic mass is 16.5. The van der Waals surface area contributed by atoms with Crippen LogP contribution >= 0.6 is 0 Å². The van der Waals surface area contributed by atoms with E-state index in [1.807, 2.05) is 6.08 Å². The van der Waals surface area contributed by atoms with Gasteiger partial charge in [0.05, 0.1) is 12.2 Å². The molecule has 0 saturated carbocycles. The zero-order valence-corrected chi connectivity index (χ0v) is 9.74. The summed E-state index contributed by atoms with van der Waals surface area (Å²) < 4.78 is 4.98. The average Bonchev–Trinajstić information content (AvgIpc) is 2.22. The Morgan fingerprint density at radius 1 is 1.44 bits per heavy atom. The van der Waals surface area contributed by atoms with Gasteiger partial charge in [0, 0.05) is 5.92 Å². The summed E-state index contributed by atoms with van der Waals surface area (Å²) in [6.45, 7) is 5.76. The zero-order valence-electron chi connectivity index (χ0n) is 9.74. The molecule has 2 nitrogen and oxygen atoms in total. The Kier molecular flexibility index (Phi) is 5.38. The van der Waals surface area contributed by atoms with Crippen molar-refractivity contribution in [2.24, 2.45) is 5.92 Å². The summed E-state index contributed by atoms with van der Waals surface area (Å²) in [4.78, 5) is 11.7. The van der Waals surface area contributed by atoms with Crippen LogP contribution in [-0.4, -0.2) is 12.6 Å². The maximum absolute atomic E-state index is 11.7. The minimum atomic E-state index is -0.305. The van der Waals surface area contributed by atoms with Gasteiger partial charge >= 0.3 is 5.97 Å². The average molecular weight is 218 g/mol. The third-order valence-electron chi connectivity index (χ3n) is 2.48. The van der Waals surface area contributed by atoms with Crippen LogP contribution in [0, 0.1) is 5.92 Å². The van der Waals surface area contributed by atoms with Crippen molar-refractivity contribution < 1.29 is 9.53 Å². The number of carbonyl (C=O) groups is 1. The smallest absolute Gasteiger partial charge is 0.342 e. The molecule has 86 valence electrons. The van der Waals surface area contributed by atoms with Crippen LogP contribution in [0.2, 0.25) is 0 Å². The van der Waals surface area contributed by atoms with Crippen molar-refractivity contribution in [2.75, 3.05) is 6.61 Å². The largest absolute Gasteiger partial charge is 0.462 e. The molecule has 0 aromatic carbocycles. The number of carbonyl (C=O) groups excluding carboxylic acids is 1. The normalized spacial score (nSPS) is 23.4. The number of allylic oxidation sites excluding steroid dienone is 4. The second-order valence-corrected chi connectivity index (χ2v) is 3.63. The number of esters is 1. The fourth-order valence-electron chi connectivity index (χ4n) is 1.67. The molecular formula is C14H18O2. The molecule has 0 aromatic heterocycles. The lowest BCUT2D eigenvalue weighted by Crippen LogP contribution is -2.14. The Bertz CT molecular complexity index is 344. The quantitative estimate of drug-likeness (QED) is 0.315. The van der Waals surface area contributed by atoms with Gasteiger partial charge in [-0.25, -0.2) is 4.79 Å². The Balaban J connectivity index is 2.78. The van der Waals surface area contributed by atoms with E-state index in [9.17, 15) is 4.79 Å². The van der Waals surface area contributed by atoms with Crippen molar-refractivity contribution in [1.82, 2.24) is 0 Å². The van der Waals surface area contributed by atoms with E-state index in [4.69, 9.17) is 4.74 Å². The van der Waals surface area contributed by atoms with Gasteiger partial charge in [0.2, 0.25) is 0 Å². The third-order valence-corrected chi connectivity index (χ3v) is 2.48. The first kappa shape index (κ1) is 12.5. The lowest BCUT2D eigenvalue weighted by Gasteiger charge is -2.13. The molecule has 0 spiro atoms. The molecule has 0 saturated heterocycles. The van der Waals surface area contributed by atoms with Gasteiger partial charge in [0.15, 0.2) is 0 Å². The molecule has 0 radical (unpaired) electrons. The first-order valence-electron chi connectivity index (χ1n) is 5.68. The van der Waals surface area contributed by atoms with E-state index in [2.05, 4.69) is 30.5 Å². The summed E-state index contributed by atoms with van der Waals surface area (Å²) in [6.07, 6.45) is 11.3. The second kappa shape index (κ2) is 6.86. The van der Waals surface area contributed by atoms with Gasteiger partial charge in [0.1, 0.15) is 0 Å². The Morgan fingerprint density at radius 2 is 2.19 bits per heavy atom. The third kappa shape index (κ3) is 3.56. The van der Waals surface area contributed by atoms with Crippen LogP contribution in [0.1, 0.15) is 26.2 Å². The van der Waals surface area contributed by atoms with Crippen molar-refractivity contribution >= 4 is 5.97 Å². The summed E-state index contributed by atoms with van der Waals surface area (Å²) in [5, 5.41) is 0. The van der Waals surface area contributed by atoms with Gasteiger partial charge in [0.25, 0.3) is 0 Å². The van der Waals surface area contributed by atoms with Crippen molar-refractivity contribution in [2.45, 2.75) is 26.2 Å². The van der Waals surface area contributed by atoms with Crippen LogP contribution in [0.5, 0.6) is 0 Å². The van der Waals surface area contributed by atoms with E-state index >= 15 is 0 Å². The molecule has 0 heterocycles. The van der Waals surface area contributed by atoms with Gasteiger partial charge in [-0.2, -0.15) is 0 Å². The minimum Gasteiger partial charge on any atom is -0.462 e. The molecule has 16 heavy (non-hydrogen) atoms. The minimum absolute atomic E-state index is 0.0492. The first-order valence-corrected chi connectivity index (χ1v) is 5.68. The van der Waals surface area contributed by atoms with Crippen LogP contribution in [0.15, 0.2) is 42.2 Å². The van der Waals surface area contributed by atoms with Crippen LogP contribution in [0.3, 0.4) is 0 Å². The summed E-state index contributed by atoms with van der Waals surface area (Å²) >= 11 is 0. The maximum Gasteiger partial charge on any atom is 0.342 e. The molecule has 0 aliphatic heterocycles. The SMILES string of the molecule is C=C=C(C(=O)OCC)C1/C=C\CC/C=C\C1. The molecule has 0 fully saturated rings. The van der Waals surface area contributed by atoms with Crippen LogP contribution in [0.25, 0.3) is 0 Å².